The number of anilines is 1. The van der Waals surface area contributed by atoms with Crippen LogP contribution in [0.25, 0.3) is 11.1 Å². The molecule has 1 saturated carbocycles. The summed E-state index contributed by atoms with van der Waals surface area (Å²) in [5.74, 6) is 1.29. The average molecular weight is 438 g/mol. The Labute approximate surface area is 186 Å². The fourth-order valence-electron chi connectivity index (χ4n) is 4.18. The van der Waals surface area contributed by atoms with Crippen LogP contribution >= 0.6 is 11.6 Å². The van der Waals surface area contributed by atoms with E-state index in [0.29, 0.717) is 22.6 Å². The lowest BCUT2D eigenvalue weighted by atomic mass is 9.92. The van der Waals surface area contributed by atoms with E-state index in [2.05, 4.69) is 11.3 Å². The number of rotatable bonds is 4. The molecule has 1 aliphatic carbocycles. The molecule has 31 heavy (non-hydrogen) atoms. The van der Waals surface area contributed by atoms with Crippen LogP contribution in [-0.2, 0) is 11.2 Å². The van der Waals surface area contributed by atoms with Gasteiger partial charge >= 0.3 is 6.09 Å². The summed E-state index contributed by atoms with van der Waals surface area (Å²) >= 11 is 6.41. The summed E-state index contributed by atoms with van der Waals surface area (Å²) in [7, 11) is 1.41. The summed E-state index contributed by atoms with van der Waals surface area (Å²) in [6, 6.07) is 11.9. The smallest absolute Gasteiger partial charge is 0.414 e. The molecule has 0 saturated heterocycles. The number of carbonyl (C=O) groups is 1. The third kappa shape index (κ3) is 3.65. The number of hydrogen-bond acceptors (Lipinski definition) is 4. The number of aromatic nitrogens is 2. The quantitative estimate of drug-likeness (QED) is 0.484. The van der Waals surface area contributed by atoms with Crippen LogP contribution in [0.3, 0.4) is 0 Å². The number of para-hydroxylation sites is 1. The van der Waals surface area contributed by atoms with Crippen molar-refractivity contribution in [2.75, 3.05) is 12.0 Å². The van der Waals surface area contributed by atoms with Gasteiger partial charge in [-0.25, -0.2) is 4.79 Å². The Kier molecular flexibility index (Phi) is 5.10. The third-order valence-corrected chi connectivity index (χ3v) is 6.31. The zero-order valence-corrected chi connectivity index (χ0v) is 18.3. The Morgan fingerprint density at radius 3 is 2.71 bits per heavy atom. The molecule has 3 aromatic rings. The van der Waals surface area contributed by atoms with E-state index in [1.807, 2.05) is 48.1 Å². The summed E-state index contributed by atoms with van der Waals surface area (Å²) in [5.41, 5.74) is 3.70. The Hall–Kier alpha value is -2.99. The topological polar surface area (TPSA) is 56.6 Å². The molecular formula is C24H24ClN3O3. The SMILES string of the molecule is COC(=O)N1c2ccc(-c3cnn(C4CC4)c3)c(Oc3ccccc3Cl)c2CC[C@@H]1C. The molecular weight excluding hydrogens is 414 g/mol. The predicted octanol–water partition coefficient (Wildman–Crippen LogP) is 6.24. The zero-order chi connectivity index (χ0) is 21.5. The number of hydrogen-bond donors (Lipinski definition) is 0. The second-order valence-corrected chi connectivity index (χ2v) is 8.55. The van der Waals surface area contributed by atoms with Gasteiger partial charge in [0.1, 0.15) is 11.5 Å². The average Bonchev–Trinajstić information content (AvgIpc) is 3.52. The molecule has 1 atom stereocenters. The number of benzene rings is 2. The largest absolute Gasteiger partial charge is 0.455 e. The Balaban J connectivity index is 1.66. The van der Waals surface area contributed by atoms with Crippen molar-refractivity contribution in [2.45, 2.75) is 44.7 Å². The lowest BCUT2D eigenvalue weighted by Gasteiger charge is -2.35. The molecule has 0 unspecified atom stereocenters. The van der Waals surface area contributed by atoms with Crippen molar-refractivity contribution < 1.29 is 14.3 Å². The molecule has 2 aromatic carbocycles. The van der Waals surface area contributed by atoms with Crippen molar-refractivity contribution in [1.82, 2.24) is 9.78 Å². The van der Waals surface area contributed by atoms with E-state index in [9.17, 15) is 4.79 Å². The van der Waals surface area contributed by atoms with Crippen molar-refractivity contribution in [3.63, 3.8) is 0 Å². The lowest BCUT2D eigenvalue weighted by Crippen LogP contribution is -2.42. The first-order valence-electron chi connectivity index (χ1n) is 10.6. The van der Waals surface area contributed by atoms with Gasteiger partial charge in [-0.2, -0.15) is 5.10 Å². The van der Waals surface area contributed by atoms with Crippen LogP contribution < -0.4 is 9.64 Å². The first-order chi connectivity index (χ1) is 15.1. The lowest BCUT2D eigenvalue weighted by molar-refractivity contribution is 0.175. The molecule has 7 heteroatoms. The first kappa shape index (κ1) is 19.9. The fraction of sp³-hybridized carbons (Fsp3) is 0.333. The van der Waals surface area contributed by atoms with Crippen LogP contribution in [0.5, 0.6) is 11.5 Å². The summed E-state index contributed by atoms with van der Waals surface area (Å²) in [6.45, 7) is 2.03. The molecule has 1 amide bonds. The molecule has 0 radical (unpaired) electrons. The molecule has 0 bridgehead atoms. The Morgan fingerprint density at radius 1 is 1.16 bits per heavy atom. The van der Waals surface area contributed by atoms with Crippen LogP contribution in [0.1, 0.15) is 37.8 Å². The second kappa shape index (κ2) is 7.93. The van der Waals surface area contributed by atoms with E-state index in [1.54, 1.807) is 11.0 Å². The molecule has 0 spiro atoms. The normalized spacial score (nSPS) is 17.9. The molecule has 1 aliphatic heterocycles. The second-order valence-electron chi connectivity index (χ2n) is 8.14. The van der Waals surface area contributed by atoms with E-state index < -0.39 is 0 Å². The van der Waals surface area contributed by atoms with Crippen molar-refractivity contribution in [3.05, 3.63) is 59.4 Å². The van der Waals surface area contributed by atoms with Gasteiger partial charge in [-0.3, -0.25) is 9.58 Å². The summed E-state index contributed by atoms with van der Waals surface area (Å²) in [6.07, 6.45) is 7.51. The number of fused-ring (bicyclic) bond motifs is 1. The van der Waals surface area contributed by atoms with Gasteiger partial charge in [0.25, 0.3) is 0 Å². The van der Waals surface area contributed by atoms with Gasteiger partial charge in [0, 0.05) is 28.9 Å². The number of nitrogens with zero attached hydrogens (tertiary/aromatic N) is 3. The maximum Gasteiger partial charge on any atom is 0.414 e. The van der Waals surface area contributed by atoms with E-state index in [-0.39, 0.29) is 12.1 Å². The van der Waals surface area contributed by atoms with Gasteiger partial charge < -0.3 is 9.47 Å². The van der Waals surface area contributed by atoms with Crippen LogP contribution in [0.2, 0.25) is 5.02 Å². The highest BCUT2D eigenvalue weighted by Crippen LogP contribution is 2.46. The van der Waals surface area contributed by atoms with Crippen molar-refractivity contribution in [1.29, 1.82) is 0 Å². The highest BCUT2D eigenvalue weighted by Gasteiger charge is 2.33. The number of carbonyl (C=O) groups excluding carboxylic acids is 1. The molecule has 1 aromatic heterocycles. The van der Waals surface area contributed by atoms with E-state index in [4.69, 9.17) is 21.1 Å². The molecule has 6 nitrogen and oxygen atoms in total. The minimum Gasteiger partial charge on any atom is -0.455 e. The molecule has 2 heterocycles. The van der Waals surface area contributed by atoms with Crippen LogP contribution in [0, 0.1) is 0 Å². The van der Waals surface area contributed by atoms with Gasteiger partial charge in [-0.15, -0.1) is 0 Å². The fourth-order valence-corrected chi connectivity index (χ4v) is 4.35. The van der Waals surface area contributed by atoms with Crippen molar-refractivity contribution in [3.8, 4) is 22.6 Å². The summed E-state index contributed by atoms with van der Waals surface area (Å²) in [5, 5.41) is 5.09. The highest BCUT2D eigenvalue weighted by molar-refractivity contribution is 6.32. The highest BCUT2D eigenvalue weighted by atomic mass is 35.5. The molecule has 0 N–H and O–H groups in total. The molecule has 5 rings (SSSR count). The predicted molar refractivity (Wildman–Crippen MR) is 120 cm³/mol. The van der Waals surface area contributed by atoms with Crippen LogP contribution in [0.4, 0.5) is 10.5 Å². The Morgan fingerprint density at radius 2 is 1.97 bits per heavy atom. The van der Waals surface area contributed by atoms with E-state index in [0.717, 1.165) is 35.2 Å². The van der Waals surface area contributed by atoms with Gasteiger partial charge in [0.15, 0.2) is 0 Å². The summed E-state index contributed by atoms with van der Waals surface area (Å²) in [4.78, 5) is 14.2. The number of amides is 1. The maximum atomic E-state index is 12.5. The zero-order valence-electron chi connectivity index (χ0n) is 17.5. The minimum atomic E-state index is -0.369. The number of methoxy groups -OCH3 is 1. The van der Waals surface area contributed by atoms with Crippen molar-refractivity contribution in [2.24, 2.45) is 0 Å². The third-order valence-electron chi connectivity index (χ3n) is 6.00. The minimum absolute atomic E-state index is 0.0385. The molecule has 1 fully saturated rings. The first-order valence-corrected chi connectivity index (χ1v) is 10.9. The van der Waals surface area contributed by atoms with E-state index in [1.165, 1.54) is 20.0 Å². The van der Waals surface area contributed by atoms with Crippen LogP contribution in [-0.4, -0.2) is 29.0 Å². The Bertz CT molecular complexity index is 1140. The summed E-state index contributed by atoms with van der Waals surface area (Å²) < 4.78 is 13.5. The van der Waals surface area contributed by atoms with Crippen molar-refractivity contribution >= 4 is 23.4 Å². The maximum absolute atomic E-state index is 12.5. The standard InChI is InChI=1S/C24H24ClN3O3/c1-15-7-10-19-21(28(15)24(29)30-2)12-11-18(16-13-26-27(14-16)17-8-9-17)23(19)31-22-6-4-3-5-20(22)25/h3-6,11-15,17H,7-10H2,1-2H3/t15-/m0/s1. The number of halogens is 1. The molecule has 2 aliphatic rings. The number of ether oxygens (including phenoxy) is 2. The van der Waals surface area contributed by atoms with Gasteiger partial charge in [-0.05, 0) is 56.9 Å². The van der Waals surface area contributed by atoms with Gasteiger partial charge in [0.2, 0.25) is 0 Å². The van der Waals surface area contributed by atoms with Crippen LogP contribution in [0.15, 0.2) is 48.8 Å². The molecule has 160 valence electrons. The van der Waals surface area contributed by atoms with Gasteiger partial charge in [-0.1, -0.05) is 23.7 Å². The van der Waals surface area contributed by atoms with E-state index >= 15 is 0 Å². The van der Waals surface area contributed by atoms with Gasteiger partial charge in [0.05, 0.1) is 30.1 Å². The monoisotopic (exact) mass is 437 g/mol.